The molecule has 0 bridgehead atoms. The number of piperidine rings is 1. The third kappa shape index (κ3) is 3.82. The van der Waals surface area contributed by atoms with Crippen molar-refractivity contribution in [2.45, 2.75) is 51.1 Å². The lowest BCUT2D eigenvalue weighted by Gasteiger charge is -2.39. The second-order valence-corrected chi connectivity index (χ2v) is 7.18. The topological polar surface area (TPSA) is 61.9 Å². The summed E-state index contributed by atoms with van der Waals surface area (Å²) in [4.78, 5) is 19.5. The average molecular weight is 328 g/mol. The molecule has 0 aromatic heterocycles. The van der Waals surface area contributed by atoms with Gasteiger partial charge in [0.1, 0.15) is 5.84 Å². The summed E-state index contributed by atoms with van der Waals surface area (Å²) in [5, 5.41) is 0. The van der Waals surface area contributed by atoms with Gasteiger partial charge < -0.3 is 15.5 Å². The number of likely N-dealkylation sites (tertiary alicyclic amines) is 2. The largest absolute Gasteiger partial charge is 0.354 e. The van der Waals surface area contributed by atoms with Crippen molar-refractivity contribution in [3.63, 3.8) is 0 Å². The summed E-state index contributed by atoms with van der Waals surface area (Å²) < 4.78 is 26.9. The van der Waals surface area contributed by atoms with E-state index in [0.29, 0.717) is 18.4 Å². The smallest absolute Gasteiger partial charge is 0.266 e. The quantitative estimate of drug-likeness (QED) is 0.797. The fourth-order valence-corrected chi connectivity index (χ4v) is 4.14. The summed E-state index contributed by atoms with van der Waals surface area (Å²) >= 11 is 0. The van der Waals surface area contributed by atoms with Crippen LogP contribution in [0.4, 0.5) is 8.78 Å². The van der Waals surface area contributed by atoms with Gasteiger partial charge in [-0.2, -0.15) is 0 Å². The van der Waals surface area contributed by atoms with Crippen LogP contribution in [0.15, 0.2) is 4.99 Å². The zero-order valence-corrected chi connectivity index (χ0v) is 13.7. The van der Waals surface area contributed by atoms with Crippen LogP contribution in [0.1, 0.15) is 39.0 Å². The Morgan fingerprint density at radius 1 is 1.26 bits per heavy atom. The fraction of sp³-hybridized carbons (Fsp3) is 0.875. The number of nitrogens with two attached hydrogens (primary N) is 1. The van der Waals surface area contributed by atoms with Gasteiger partial charge in [0.15, 0.2) is 0 Å². The summed E-state index contributed by atoms with van der Waals surface area (Å²) in [7, 11) is 0. The Kier molecular flexibility index (Phi) is 4.58. The molecule has 3 heterocycles. The summed E-state index contributed by atoms with van der Waals surface area (Å²) in [6, 6.07) is 0. The van der Waals surface area contributed by atoms with Gasteiger partial charge in [-0.25, -0.2) is 8.78 Å². The monoisotopic (exact) mass is 328 g/mol. The van der Waals surface area contributed by atoms with Gasteiger partial charge in [0, 0.05) is 39.4 Å². The van der Waals surface area contributed by atoms with Gasteiger partial charge in [0.05, 0.1) is 12.7 Å². The molecule has 7 heteroatoms. The molecule has 2 N–H and O–H groups in total. The number of nitrogens with zero attached hydrogens (tertiary/aromatic N) is 3. The Morgan fingerprint density at radius 2 is 1.96 bits per heavy atom. The van der Waals surface area contributed by atoms with Crippen LogP contribution in [0.3, 0.4) is 0 Å². The number of alkyl halides is 2. The molecule has 3 aliphatic rings. The van der Waals surface area contributed by atoms with E-state index in [2.05, 4.69) is 4.99 Å². The molecule has 3 aliphatic heterocycles. The van der Waals surface area contributed by atoms with E-state index in [1.807, 2.05) is 4.90 Å². The molecular weight excluding hydrogens is 302 g/mol. The van der Waals surface area contributed by atoms with E-state index in [4.69, 9.17) is 5.73 Å². The van der Waals surface area contributed by atoms with Gasteiger partial charge in [-0.1, -0.05) is 0 Å². The lowest BCUT2D eigenvalue weighted by molar-refractivity contribution is -0.130. The molecule has 2 unspecified atom stereocenters. The van der Waals surface area contributed by atoms with Crippen LogP contribution in [0.5, 0.6) is 0 Å². The minimum absolute atomic E-state index is 0.0943. The number of rotatable bonds is 1. The first-order valence-electron chi connectivity index (χ1n) is 8.54. The van der Waals surface area contributed by atoms with Crippen LogP contribution in [0.2, 0.25) is 0 Å². The highest BCUT2D eigenvalue weighted by Gasteiger charge is 2.41. The van der Waals surface area contributed by atoms with Gasteiger partial charge in [0.25, 0.3) is 5.92 Å². The van der Waals surface area contributed by atoms with Crippen molar-refractivity contribution in [1.29, 1.82) is 0 Å². The predicted molar refractivity (Wildman–Crippen MR) is 84.2 cm³/mol. The number of amidine groups is 1. The van der Waals surface area contributed by atoms with Crippen LogP contribution in [0, 0.1) is 11.8 Å². The first kappa shape index (κ1) is 16.6. The maximum Gasteiger partial charge on any atom is 0.266 e. The van der Waals surface area contributed by atoms with Crippen molar-refractivity contribution in [2.75, 3.05) is 26.2 Å². The highest BCUT2D eigenvalue weighted by molar-refractivity contribution is 5.83. The Labute approximate surface area is 135 Å². The molecule has 0 saturated carbocycles. The molecule has 1 amide bonds. The van der Waals surface area contributed by atoms with Crippen LogP contribution in [-0.2, 0) is 4.79 Å². The second-order valence-electron chi connectivity index (χ2n) is 7.18. The number of aliphatic imine (C=N–C) groups is 1. The van der Waals surface area contributed by atoms with E-state index in [1.54, 1.807) is 11.8 Å². The maximum absolute atomic E-state index is 13.5. The van der Waals surface area contributed by atoms with Gasteiger partial charge in [-0.05, 0) is 31.1 Å². The van der Waals surface area contributed by atoms with Crippen LogP contribution < -0.4 is 5.73 Å². The zero-order chi connectivity index (χ0) is 16.6. The number of hydrogen-bond donors (Lipinski definition) is 1. The molecule has 0 aromatic carbocycles. The Morgan fingerprint density at radius 3 is 2.52 bits per heavy atom. The maximum atomic E-state index is 13.5. The highest BCUT2D eigenvalue weighted by atomic mass is 19.3. The molecule has 2 atom stereocenters. The van der Waals surface area contributed by atoms with Gasteiger partial charge in [-0.3, -0.25) is 9.79 Å². The highest BCUT2D eigenvalue weighted by Crippen LogP contribution is 2.35. The minimum atomic E-state index is -2.60. The lowest BCUT2D eigenvalue weighted by atomic mass is 9.78. The zero-order valence-electron chi connectivity index (χ0n) is 13.7. The molecule has 2 saturated heterocycles. The minimum Gasteiger partial charge on any atom is -0.354 e. The number of carbonyl (C=O) groups is 1. The molecule has 5 nitrogen and oxygen atoms in total. The van der Waals surface area contributed by atoms with Crippen molar-refractivity contribution in [2.24, 2.45) is 22.6 Å². The van der Waals surface area contributed by atoms with E-state index in [1.165, 1.54) is 0 Å². The molecule has 2 fully saturated rings. The van der Waals surface area contributed by atoms with Gasteiger partial charge >= 0.3 is 0 Å². The van der Waals surface area contributed by atoms with Crippen molar-refractivity contribution in [3.8, 4) is 0 Å². The van der Waals surface area contributed by atoms with Gasteiger partial charge in [0.2, 0.25) is 5.91 Å². The molecule has 0 aliphatic carbocycles. The van der Waals surface area contributed by atoms with E-state index in [0.717, 1.165) is 44.6 Å². The molecular formula is C16H26F2N4O. The SMILES string of the molecule is CC(=O)N1CCC(C2CC(N3CCC(F)(F)C3)=NC(N)C2)CC1. The van der Waals surface area contributed by atoms with E-state index in [9.17, 15) is 13.6 Å². The normalized spacial score (nSPS) is 32.1. The summed E-state index contributed by atoms with van der Waals surface area (Å²) in [6.07, 6.45) is 3.13. The molecule has 23 heavy (non-hydrogen) atoms. The van der Waals surface area contributed by atoms with Crippen molar-refractivity contribution < 1.29 is 13.6 Å². The summed E-state index contributed by atoms with van der Waals surface area (Å²) in [5.41, 5.74) is 6.07. The standard InChI is InChI=1S/C16H26F2N4O/c1-11(23)21-5-2-12(3-6-21)13-8-14(19)20-15(9-13)22-7-4-16(17,18)10-22/h12-14H,2-10,19H2,1H3. The summed E-state index contributed by atoms with van der Waals surface area (Å²) in [6.45, 7) is 3.33. The third-order valence-electron chi connectivity index (χ3n) is 5.49. The molecule has 0 spiro atoms. The Bertz CT molecular complexity index is 488. The van der Waals surface area contributed by atoms with Crippen LogP contribution in [0.25, 0.3) is 0 Å². The molecule has 0 radical (unpaired) electrons. The molecule has 3 rings (SSSR count). The number of amides is 1. The molecule has 0 aromatic rings. The van der Waals surface area contributed by atoms with Crippen molar-refractivity contribution in [1.82, 2.24) is 9.80 Å². The third-order valence-corrected chi connectivity index (χ3v) is 5.49. The van der Waals surface area contributed by atoms with Crippen LogP contribution in [-0.4, -0.2) is 59.8 Å². The van der Waals surface area contributed by atoms with Gasteiger partial charge in [-0.15, -0.1) is 0 Å². The number of halogens is 2. The van der Waals surface area contributed by atoms with Crippen molar-refractivity contribution in [3.05, 3.63) is 0 Å². The van der Waals surface area contributed by atoms with Crippen molar-refractivity contribution >= 4 is 11.7 Å². The second kappa shape index (κ2) is 6.34. The first-order chi connectivity index (χ1) is 10.8. The predicted octanol–water partition coefficient (Wildman–Crippen LogP) is 1.68. The van der Waals surface area contributed by atoms with E-state index < -0.39 is 5.92 Å². The molecule has 130 valence electrons. The summed E-state index contributed by atoms with van der Waals surface area (Å²) in [5.74, 6) is -0.816. The Balaban J connectivity index is 1.61. The van der Waals surface area contributed by atoms with E-state index in [-0.39, 0.29) is 25.0 Å². The van der Waals surface area contributed by atoms with E-state index >= 15 is 0 Å². The fourth-order valence-electron chi connectivity index (χ4n) is 4.14. The number of carbonyl (C=O) groups excluding carboxylic acids is 1. The Hall–Kier alpha value is -1.24. The number of hydrogen-bond acceptors (Lipinski definition) is 4. The lowest BCUT2D eigenvalue weighted by Crippen LogP contribution is -2.44. The average Bonchev–Trinajstić information content (AvgIpc) is 2.87. The first-order valence-corrected chi connectivity index (χ1v) is 8.54. The van der Waals surface area contributed by atoms with Crippen LogP contribution >= 0.6 is 0 Å².